The van der Waals surface area contributed by atoms with E-state index in [1.807, 2.05) is 6.92 Å². The van der Waals surface area contributed by atoms with E-state index in [0.29, 0.717) is 18.8 Å². The van der Waals surface area contributed by atoms with Gasteiger partial charge in [-0.2, -0.15) is 4.31 Å². The smallest absolute Gasteiger partial charge is 0.244 e. The van der Waals surface area contributed by atoms with Crippen LogP contribution in [0.1, 0.15) is 19.8 Å². The first-order valence-electron chi connectivity index (χ1n) is 6.42. The fourth-order valence-electron chi connectivity index (χ4n) is 1.97. The normalized spacial score (nSPS) is 20.6. The second-order valence-corrected chi connectivity index (χ2v) is 6.55. The summed E-state index contributed by atoms with van der Waals surface area (Å²) in [6, 6.07) is 3.21. The molecule has 0 amide bonds. The van der Waals surface area contributed by atoms with E-state index in [2.05, 4.69) is 10.3 Å². The molecule has 0 spiro atoms. The summed E-state index contributed by atoms with van der Waals surface area (Å²) in [6.07, 6.45) is 2.27. The summed E-state index contributed by atoms with van der Waals surface area (Å²) in [4.78, 5) is 4.26. The van der Waals surface area contributed by atoms with Gasteiger partial charge in [-0.15, -0.1) is 0 Å². The lowest BCUT2D eigenvalue weighted by molar-refractivity contribution is 0.189. The number of aliphatic hydroxyl groups is 1. The highest BCUT2D eigenvalue weighted by atomic mass is 32.2. The largest absolute Gasteiger partial charge is 0.392 e. The van der Waals surface area contributed by atoms with Crippen molar-refractivity contribution in [3.8, 4) is 0 Å². The zero-order valence-electron chi connectivity index (χ0n) is 10.9. The fourth-order valence-corrected chi connectivity index (χ4v) is 3.41. The van der Waals surface area contributed by atoms with Gasteiger partial charge in [-0.25, -0.2) is 13.4 Å². The highest BCUT2D eigenvalue weighted by Crippen LogP contribution is 2.21. The molecule has 2 N–H and O–H groups in total. The molecule has 1 saturated heterocycles. The van der Waals surface area contributed by atoms with Crippen molar-refractivity contribution < 1.29 is 13.5 Å². The topological polar surface area (TPSA) is 82.5 Å². The highest BCUT2D eigenvalue weighted by molar-refractivity contribution is 7.89. The van der Waals surface area contributed by atoms with Gasteiger partial charge in [0.2, 0.25) is 10.0 Å². The van der Waals surface area contributed by atoms with Crippen molar-refractivity contribution in [2.45, 2.75) is 30.8 Å². The van der Waals surface area contributed by atoms with Gasteiger partial charge in [-0.3, -0.25) is 0 Å². The Labute approximate surface area is 113 Å². The van der Waals surface area contributed by atoms with Crippen molar-refractivity contribution in [2.24, 2.45) is 0 Å². The summed E-state index contributed by atoms with van der Waals surface area (Å²) in [7, 11) is -3.53. The minimum Gasteiger partial charge on any atom is -0.392 e. The summed E-state index contributed by atoms with van der Waals surface area (Å²) < 4.78 is 25.8. The SMILES string of the molecule is CCCNc1ccc(S(=O)(=O)N2CCC(O)C2)cn1. The number of rotatable bonds is 5. The molecule has 1 unspecified atom stereocenters. The average molecular weight is 285 g/mol. The second-order valence-electron chi connectivity index (χ2n) is 4.61. The molecule has 1 aliphatic rings. The third kappa shape index (κ3) is 3.23. The summed E-state index contributed by atoms with van der Waals surface area (Å²) in [6.45, 7) is 3.37. The van der Waals surface area contributed by atoms with Crippen LogP contribution in [0, 0.1) is 0 Å². The lowest BCUT2D eigenvalue weighted by atomic mass is 10.3. The van der Waals surface area contributed by atoms with E-state index >= 15 is 0 Å². The number of hydrogen-bond donors (Lipinski definition) is 2. The van der Waals surface area contributed by atoms with E-state index in [-0.39, 0.29) is 11.4 Å². The van der Waals surface area contributed by atoms with Crippen molar-refractivity contribution in [3.05, 3.63) is 18.3 Å². The van der Waals surface area contributed by atoms with Gasteiger partial charge in [0.15, 0.2) is 0 Å². The van der Waals surface area contributed by atoms with Crippen LogP contribution in [0.2, 0.25) is 0 Å². The molecule has 0 saturated carbocycles. The summed E-state index contributed by atoms with van der Waals surface area (Å²) in [5.41, 5.74) is 0. The lowest BCUT2D eigenvalue weighted by Crippen LogP contribution is -2.29. The van der Waals surface area contributed by atoms with Crippen molar-refractivity contribution in [3.63, 3.8) is 0 Å². The molecule has 1 fully saturated rings. The Morgan fingerprint density at radius 3 is 2.84 bits per heavy atom. The van der Waals surface area contributed by atoms with Crippen molar-refractivity contribution in [1.82, 2.24) is 9.29 Å². The Kier molecular flexibility index (Phi) is 4.38. The molecule has 0 aliphatic carbocycles. The first-order chi connectivity index (χ1) is 9.04. The van der Waals surface area contributed by atoms with Crippen molar-refractivity contribution >= 4 is 15.8 Å². The number of pyridine rings is 1. The van der Waals surface area contributed by atoms with E-state index in [0.717, 1.165) is 13.0 Å². The molecule has 2 heterocycles. The summed E-state index contributed by atoms with van der Waals surface area (Å²) in [5, 5.41) is 12.5. The van der Waals surface area contributed by atoms with Crippen molar-refractivity contribution in [2.75, 3.05) is 25.0 Å². The van der Waals surface area contributed by atoms with E-state index in [1.54, 1.807) is 12.1 Å². The van der Waals surface area contributed by atoms with Gasteiger partial charge in [0.1, 0.15) is 10.7 Å². The number of sulfonamides is 1. The second kappa shape index (κ2) is 5.85. The van der Waals surface area contributed by atoms with Crippen LogP contribution in [0.3, 0.4) is 0 Å². The Balaban J connectivity index is 2.12. The van der Waals surface area contributed by atoms with Crippen LogP contribution in [-0.2, 0) is 10.0 Å². The summed E-state index contributed by atoms with van der Waals surface area (Å²) in [5.74, 6) is 0.669. The number of β-amino-alcohol motifs (C(OH)–C–C–N with tert-alkyl or cyclic N) is 1. The number of hydrogen-bond acceptors (Lipinski definition) is 5. The van der Waals surface area contributed by atoms with Crippen LogP contribution in [0.4, 0.5) is 5.82 Å². The molecule has 1 aliphatic heterocycles. The maximum absolute atomic E-state index is 12.3. The van der Waals surface area contributed by atoms with Crippen LogP contribution in [0.15, 0.2) is 23.2 Å². The predicted molar refractivity (Wildman–Crippen MR) is 72.4 cm³/mol. The number of aliphatic hydroxyl groups excluding tert-OH is 1. The van der Waals surface area contributed by atoms with Crippen LogP contribution in [0.25, 0.3) is 0 Å². The molecule has 1 atom stereocenters. The molecule has 0 bridgehead atoms. The molecule has 7 heteroatoms. The van der Waals surface area contributed by atoms with E-state index < -0.39 is 16.1 Å². The molecule has 1 aromatic rings. The van der Waals surface area contributed by atoms with Gasteiger partial charge in [0.05, 0.1) is 6.10 Å². The number of aromatic nitrogens is 1. The Bertz CT molecular complexity index is 516. The molecule has 106 valence electrons. The minimum atomic E-state index is -3.53. The Morgan fingerprint density at radius 2 is 2.32 bits per heavy atom. The fraction of sp³-hybridized carbons (Fsp3) is 0.583. The first kappa shape index (κ1) is 14.2. The van der Waals surface area contributed by atoms with Crippen LogP contribution in [0.5, 0.6) is 0 Å². The van der Waals surface area contributed by atoms with Crippen molar-refractivity contribution in [1.29, 1.82) is 0 Å². The van der Waals surface area contributed by atoms with Crippen LogP contribution in [-0.4, -0.2) is 48.6 Å². The maximum atomic E-state index is 12.3. The molecule has 0 radical (unpaired) electrons. The minimum absolute atomic E-state index is 0.165. The Hall–Kier alpha value is -1.18. The maximum Gasteiger partial charge on any atom is 0.244 e. The number of nitrogens with one attached hydrogen (secondary N) is 1. The third-order valence-corrected chi connectivity index (χ3v) is 4.91. The molecule has 2 rings (SSSR count). The number of anilines is 1. The van der Waals surface area contributed by atoms with Gasteiger partial charge in [0.25, 0.3) is 0 Å². The van der Waals surface area contributed by atoms with Gasteiger partial charge < -0.3 is 10.4 Å². The average Bonchev–Trinajstić information content (AvgIpc) is 2.84. The van der Waals surface area contributed by atoms with Gasteiger partial charge in [-0.05, 0) is 25.0 Å². The van der Waals surface area contributed by atoms with E-state index in [9.17, 15) is 13.5 Å². The first-order valence-corrected chi connectivity index (χ1v) is 7.86. The molecule has 0 aromatic carbocycles. The third-order valence-electron chi connectivity index (χ3n) is 3.06. The predicted octanol–water partition coefficient (Wildman–Crippen LogP) is 0.659. The highest BCUT2D eigenvalue weighted by Gasteiger charge is 2.31. The standard InChI is InChI=1S/C12H19N3O3S/c1-2-6-13-12-4-3-11(8-14-12)19(17,18)15-7-5-10(16)9-15/h3-4,8,10,16H,2,5-7,9H2,1H3,(H,13,14). The molecule has 1 aromatic heterocycles. The monoisotopic (exact) mass is 285 g/mol. The van der Waals surface area contributed by atoms with Crippen LogP contribution >= 0.6 is 0 Å². The van der Waals surface area contributed by atoms with Gasteiger partial charge in [0, 0.05) is 25.8 Å². The zero-order chi connectivity index (χ0) is 13.9. The van der Waals surface area contributed by atoms with Crippen LogP contribution < -0.4 is 5.32 Å². The zero-order valence-corrected chi connectivity index (χ0v) is 11.7. The van der Waals surface area contributed by atoms with E-state index in [4.69, 9.17) is 0 Å². The summed E-state index contributed by atoms with van der Waals surface area (Å²) >= 11 is 0. The lowest BCUT2D eigenvalue weighted by Gasteiger charge is -2.15. The number of nitrogens with zero attached hydrogens (tertiary/aromatic N) is 2. The quantitative estimate of drug-likeness (QED) is 0.830. The van der Waals surface area contributed by atoms with Gasteiger partial charge in [-0.1, -0.05) is 6.92 Å². The molecular formula is C12H19N3O3S. The van der Waals surface area contributed by atoms with Gasteiger partial charge >= 0.3 is 0 Å². The molecule has 6 nitrogen and oxygen atoms in total. The molecule has 19 heavy (non-hydrogen) atoms. The molecular weight excluding hydrogens is 266 g/mol. The Morgan fingerprint density at radius 1 is 1.53 bits per heavy atom. The van der Waals surface area contributed by atoms with E-state index in [1.165, 1.54) is 10.5 Å².